The lowest BCUT2D eigenvalue weighted by Crippen LogP contribution is -2.56. The minimum atomic E-state index is 0.0613. The SMILES string of the molecule is [C-]#[N+]N(C)C1CN(c2cnc3[nH]cc(C4=CC(=O)CC=N4)c3c2)C1. The number of anilines is 1. The van der Waals surface area contributed by atoms with Crippen LogP contribution in [0.5, 0.6) is 0 Å². The van der Waals surface area contributed by atoms with E-state index < -0.39 is 0 Å². The van der Waals surface area contributed by atoms with E-state index >= 15 is 0 Å². The summed E-state index contributed by atoms with van der Waals surface area (Å²) in [7, 11) is 1.81. The molecule has 24 heavy (non-hydrogen) atoms. The molecule has 0 radical (unpaired) electrons. The Hall–Kier alpha value is -3.14. The summed E-state index contributed by atoms with van der Waals surface area (Å²) >= 11 is 0. The van der Waals surface area contributed by atoms with Gasteiger partial charge in [0.25, 0.3) is 0 Å². The number of rotatable bonds is 3. The van der Waals surface area contributed by atoms with Crippen molar-refractivity contribution >= 4 is 34.4 Å². The molecule has 0 aromatic carbocycles. The molecule has 1 fully saturated rings. The topological polar surface area (TPSA) is 68.9 Å². The molecule has 0 saturated carbocycles. The number of aliphatic imine (C=N–C) groups is 1. The Morgan fingerprint density at radius 2 is 2.29 bits per heavy atom. The highest BCUT2D eigenvalue weighted by Gasteiger charge is 2.33. The Balaban J connectivity index is 1.64. The molecule has 0 aliphatic carbocycles. The van der Waals surface area contributed by atoms with E-state index in [1.54, 1.807) is 17.3 Å². The second-order valence-corrected chi connectivity index (χ2v) is 6.04. The molecule has 0 amide bonds. The number of aromatic amines is 1. The predicted octanol–water partition coefficient (Wildman–Crippen LogP) is 1.90. The Bertz CT molecular complexity index is 913. The lowest BCUT2D eigenvalue weighted by atomic mass is 10.1. The molecule has 2 aliphatic rings. The number of aromatic nitrogens is 2. The Labute approximate surface area is 139 Å². The third kappa shape index (κ3) is 2.33. The number of pyridine rings is 1. The number of fused-ring (bicyclic) bond motifs is 1. The lowest BCUT2D eigenvalue weighted by molar-refractivity contribution is -0.113. The first-order valence-corrected chi connectivity index (χ1v) is 7.75. The summed E-state index contributed by atoms with van der Waals surface area (Å²) in [5, 5.41) is 2.62. The maximum Gasteiger partial charge on any atom is 0.163 e. The molecule has 4 heterocycles. The molecule has 0 atom stereocenters. The first-order chi connectivity index (χ1) is 11.7. The molecule has 1 saturated heterocycles. The van der Waals surface area contributed by atoms with Gasteiger partial charge < -0.3 is 9.88 Å². The highest BCUT2D eigenvalue weighted by Crippen LogP contribution is 2.31. The fourth-order valence-corrected chi connectivity index (χ4v) is 2.99. The van der Waals surface area contributed by atoms with Crippen LogP contribution in [0.25, 0.3) is 21.7 Å². The average Bonchev–Trinajstić information content (AvgIpc) is 2.96. The molecule has 1 N–H and O–H groups in total. The van der Waals surface area contributed by atoms with Crippen LogP contribution in [0.3, 0.4) is 0 Å². The number of carbonyl (C=O) groups excluding carboxylic acids is 1. The van der Waals surface area contributed by atoms with E-state index in [1.807, 2.05) is 19.4 Å². The quantitative estimate of drug-likeness (QED) is 0.693. The zero-order valence-corrected chi connectivity index (χ0v) is 13.2. The molecule has 2 aromatic rings. The molecular weight excluding hydrogens is 304 g/mol. The van der Waals surface area contributed by atoms with E-state index in [1.165, 1.54) is 0 Å². The van der Waals surface area contributed by atoms with Gasteiger partial charge in [-0.15, -0.1) is 5.01 Å². The number of likely N-dealkylation sites (N-methyl/N-ethyl adjacent to an activating group) is 1. The van der Waals surface area contributed by atoms with Crippen molar-refractivity contribution < 1.29 is 4.79 Å². The smallest absolute Gasteiger partial charge is 0.163 e. The zero-order chi connectivity index (χ0) is 16.7. The Morgan fingerprint density at radius 1 is 1.46 bits per heavy atom. The monoisotopic (exact) mass is 320 g/mol. The summed E-state index contributed by atoms with van der Waals surface area (Å²) in [6.07, 6.45) is 7.27. The highest BCUT2D eigenvalue weighted by atomic mass is 16.1. The van der Waals surface area contributed by atoms with Crippen molar-refractivity contribution in [3.05, 3.63) is 41.6 Å². The van der Waals surface area contributed by atoms with Crippen molar-refractivity contribution in [2.75, 3.05) is 25.0 Å². The number of H-pyrrole nitrogens is 1. The summed E-state index contributed by atoms with van der Waals surface area (Å²) in [5.41, 5.74) is 3.35. The van der Waals surface area contributed by atoms with E-state index in [4.69, 9.17) is 6.57 Å². The number of ketones is 1. The number of nitrogens with zero attached hydrogens (tertiary/aromatic N) is 5. The minimum absolute atomic E-state index is 0.0613. The van der Waals surface area contributed by atoms with Gasteiger partial charge in [0.2, 0.25) is 0 Å². The molecule has 7 heteroatoms. The molecule has 120 valence electrons. The fourth-order valence-electron chi connectivity index (χ4n) is 2.99. The summed E-state index contributed by atoms with van der Waals surface area (Å²) in [6.45, 7) is 8.68. The number of carbonyl (C=O) groups is 1. The van der Waals surface area contributed by atoms with Gasteiger partial charge in [-0.25, -0.2) is 4.98 Å². The van der Waals surface area contributed by atoms with Gasteiger partial charge in [-0.3, -0.25) is 9.79 Å². The number of hydrogen-bond acceptors (Lipinski definition) is 5. The van der Waals surface area contributed by atoms with Gasteiger partial charge in [0.15, 0.2) is 5.78 Å². The largest absolute Gasteiger partial charge is 0.365 e. The molecule has 4 rings (SSSR count). The first kappa shape index (κ1) is 14.5. The minimum Gasteiger partial charge on any atom is -0.365 e. The van der Waals surface area contributed by atoms with Crippen LogP contribution in [0.1, 0.15) is 12.0 Å². The van der Waals surface area contributed by atoms with Crippen molar-refractivity contribution in [1.82, 2.24) is 15.0 Å². The maximum atomic E-state index is 11.6. The number of nitrogens with one attached hydrogen (secondary N) is 1. The van der Waals surface area contributed by atoms with Crippen molar-refractivity contribution in [1.29, 1.82) is 0 Å². The van der Waals surface area contributed by atoms with E-state index in [0.717, 1.165) is 35.4 Å². The normalized spacial score (nSPS) is 17.6. The Kier molecular flexibility index (Phi) is 3.31. The third-order valence-corrected chi connectivity index (χ3v) is 4.53. The second kappa shape index (κ2) is 5.49. The van der Waals surface area contributed by atoms with Gasteiger partial charge in [0.05, 0.1) is 24.6 Å². The van der Waals surface area contributed by atoms with E-state index in [9.17, 15) is 4.79 Å². The Morgan fingerprint density at radius 3 is 3.04 bits per heavy atom. The molecule has 7 nitrogen and oxygen atoms in total. The second-order valence-electron chi connectivity index (χ2n) is 6.04. The highest BCUT2D eigenvalue weighted by molar-refractivity contribution is 6.09. The van der Waals surface area contributed by atoms with Crippen LogP contribution in [0.15, 0.2) is 29.5 Å². The van der Waals surface area contributed by atoms with Crippen LogP contribution in [0, 0.1) is 6.57 Å². The molecule has 0 unspecified atom stereocenters. The van der Waals surface area contributed by atoms with Gasteiger partial charge in [-0.2, -0.15) is 11.5 Å². The maximum absolute atomic E-state index is 11.6. The van der Waals surface area contributed by atoms with Crippen molar-refractivity contribution in [2.45, 2.75) is 12.5 Å². The summed E-state index contributed by atoms with van der Waals surface area (Å²) in [5.74, 6) is 0.0613. The molecule has 0 spiro atoms. The van der Waals surface area contributed by atoms with Gasteiger partial charge >= 0.3 is 0 Å². The van der Waals surface area contributed by atoms with Gasteiger partial charge in [0.1, 0.15) is 11.7 Å². The van der Waals surface area contributed by atoms with Crippen LogP contribution < -0.4 is 4.90 Å². The zero-order valence-electron chi connectivity index (χ0n) is 13.2. The van der Waals surface area contributed by atoms with Crippen LogP contribution in [0.2, 0.25) is 0 Å². The summed E-state index contributed by atoms with van der Waals surface area (Å²) in [6, 6.07) is 2.32. The van der Waals surface area contributed by atoms with Crippen LogP contribution in [-0.2, 0) is 4.79 Å². The van der Waals surface area contributed by atoms with E-state index in [2.05, 4.69) is 30.9 Å². The fraction of sp³-hybridized carbons (Fsp3) is 0.294. The standard InChI is InChI=1S/C17H16N6O/c1-18-22(2)12-9-23(10-12)11-5-14-15(8-21-17(14)20-7-11)16-6-13(24)3-4-19-16/h4-8,12H,3,9-10H2,2H3,(H,20,21). The van der Waals surface area contributed by atoms with Crippen molar-refractivity contribution in [3.63, 3.8) is 0 Å². The van der Waals surface area contributed by atoms with Crippen molar-refractivity contribution in [3.8, 4) is 0 Å². The van der Waals surface area contributed by atoms with E-state index in [0.29, 0.717) is 12.1 Å². The van der Waals surface area contributed by atoms with Gasteiger partial charge in [0, 0.05) is 48.9 Å². The summed E-state index contributed by atoms with van der Waals surface area (Å²) < 4.78 is 0. The van der Waals surface area contributed by atoms with Gasteiger partial charge in [-0.1, -0.05) is 0 Å². The lowest BCUT2D eigenvalue weighted by Gasteiger charge is -2.40. The average molecular weight is 320 g/mol. The molecule has 2 aromatic heterocycles. The van der Waals surface area contributed by atoms with Crippen LogP contribution >= 0.6 is 0 Å². The summed E-state index contributed by atoms with van der Waals surface area (Å²) in [4.78, 5) is 29.2. The van der Waals surface area contributed by atoms with Crippen molar-refractivity contribution in [2.24, 2.45) is 4.99 Å². The predicted molar refractivity (Wildman–Crippen MR) is 92.6 cm³/mol. The molecule has 0 bridgehead atoms. The van der Waals surface area contributed by atoms with E-state index in [-0.39, 0.29) is 11.8 Å². The van der Waals surface area contributed by atoms with Crippen LogP contribution in [0.4, 0.5) is 5.69 Å². The molecular formula is C17H16N6O. The van der Waals surface area contributed by atoms with Crippen LogP contribution in [-0.4, -0.2) is 53.2 Å². The molecule has 2 aliphatic heterocycles. The van der Waals surface area contributed by atoms with Gasteiger partial charge in [-0.05, 0) is 6.07 Å². The third-order valence-electron chi connectivity index (χ3n) is 4.53. The number of allylic oxidation sites excluding steroid dienone is 1. The number of hydrogen-bond donors (Lipinski definition) is 1. The first-order valence-electron chi connectivity index (χ1n) is 7.75.